The van der Waals surface area contributed by atoms with E-state index in [0.717, 1.165) is 123 Å². The highest BCUT2D eigenvalue weighted by Gasteiger charge is 2.23. The van der Waals surface area contributed by atoms with Gasteiger partial charge in [0.2, 0.25) is 0 Å². The number of fused-ring (bicyclic) bond motifs is 5. The van der Waals surface area contributed by atoms with Gasteiger partial charge >= 0.3 is 0 Å². The van der Waals surface area contributed by atoms with Crippen molar-refractivity contribution in [2.45, 2.75) is 6.42 Å². The molecule has 0 amide bonds. The third-order valence-corrected chi connectivity index (χ3v) is 15.6. The molecule has 0 aliphatic rings. The number of furan rings is 1. The normalized spacial score (nSPS) is 11.6. The molecule has 0 spiro atoms. The third-order valence-electron chi connectivity index (χ3n) is 15.6. The van der Waals surface area contributed by atoms with Crippen LogP contribution in [0.15, 0.2) is 296 Å². The standard InChI is InChI=1S/C75H50N4O/c1-5-20-53(21-6-1)57-44-58(54-22-7-2-8-23-54)47-61(46-57)64-30-18-31-65(62-48-59(55-24-9-3-10-25-55)45-60(49-62)56-26-11-4-12-27-56)74(64)78-50-77(70-33-15-16-34-71(70)78)63-28-17-19-51(42-63)41-52-35-36-67-66-29-13-14-32-69(66)79(72(67)43-52)75-68-38-40-80-73(68)37-39-76-75/h1-40,42-49H,41H2. The van der Waals surface area contributed by atoms with E-state index in [2.05, 4.69) is 287 Å². The molecular weight excluding hydrogens is 973 g/mol. The highest BCUT2D eigenvalue weighted by Crippen LogP contribution is 2.42. The van der Waals surface area contributed by atoms with E-state index >= 15 is 0 Å². The number of imidazole rings is 1. The minimum atomic E-state index is 0.726. The van der Waals surface area contributed by atoms with Gasteiger partial charge in [-0.15, -0.1) is 0 Å². The summed E-state index contributed by atoms with van der Waals surface area (Å²) >= 11 is 0. The predicted octanol–water partition coefficient (Wildman–Crippen LogP) is 18.5. The van der Waals surface area contributed by atoms with Crippen molar-refractivity contribution < 1.29 is 8.98 Å². The first-order valence-corrected chi connectivity index (χ1v) is 27.2. The molecule has 0 aliphatic heterocycles. The average Bonchev–Trinajstić information content (AvgIpc) is 4.32. The summed E-state index contributed by atoms with van der Waals surface area (Å²) in [4.78, 5) is 4.93. The molecule has 0 N–H and O–H groups in total. The van der Waals surface area contributed by atoms with Crippen LogP contribution in [-0.2, 0) is 6.42 Å². The molecule has 15 rings (SSSR count). The molecule has 5 nitrogen and oxygen atoms in total. The lowest BCUT2D eigenvalue weighted by atomic mass is 9.89. The average molecular weight is 1020 g/mol. The molecule has 0 aliphatic carbocycles. The first-order chi connectivity index (χ1) is 39.6. The van der Waals surface area contributed by atoms with Gasteiger partial charge in [0, 0.05) is 17.0 Å². The lowest BCUT2D eigenvalue weighted by molar-refractivity contribution is -0.571. The van der Waals surface area contributed by atoms with Gasteiger partial charge in [0.05, 0.1) is 45.1 Å². The topological polar surface area (TPSA) is 39.8 Å². The van der Waals surface area contributed by atoms with E-state index in [1.807, 2.05) is 18.3 Å². The van der Waals surface area contributed by atoms with Gasteiger partial charge in [-0.1, -0.05) is 206 Å². The molecule has 0 fully saturated rings. The van der Waals surface area contributed by atoms with Gasteiger partial charge < -0.3 is 4.42 Å². The third kappa shape index (κ3) is 8.37. The van der Waals surface area contributed by atoms with E-state index < -0.39 is 0 Å². The van der Waals surface area contributed by atoms with Crippen molar-refractivity contribution in [1.29, 1.82) is 0 Å². The van der Waals surface area contributed by atoms with E-state index in [-0.39, 0.29) is 0 Å². The summed E-state index contributed by atoms with van der Waals surface area (Å²) in [6, 6.07) is 101. The van der Waals surface area contributed by atoms with Gasteiger partial charge in [-0.3, -0.25) is 13.7 Å². The zero-order valence-electron chi connectivity index (χ0n) is 43.6. The minimum Gasteiger partial charge on any atom is -0.464 e. The second-order valence-corrected chi connectivity index (χ2v) is 20.5. The van der Waals surface area contributed by atoms with Crippen LogP contribution >= 0.6 is 0 Å². The summed E-state index contributed by atoms with van der Waals surface area (Å²) < 4.78 is 12.7. The van der Waals surface area contributed by atoms with Gasteiger partial charge in [-0.2, -0.15) is 0 Å². The Kier molecular flexibility index (Phi) is 11.5. The first kappa shape index (κ1) is 46.7. The molecular formula is C75H50N4O. The Morgan fingerprint density at radius 3 is 1.50 bits per heavy atom. The summed E-state index contributed by atoms with van der Waals surface area (Å²) in [5.41, 5.74) is 23.2. The van der Waals surface area contributed by atoms with Crippen LogP contribution in [0, 0.1) is 6.33 Å². The fourth-order valence-corrected chi connectivity index (χ4v) is 11.9. The summed E-state index contributed by atoms with van der Waals surface area (Å²) in [7, 11) is 0. The van der Waals surface area contributed by atoms with Crippen molar-refractivity contribution in [3.63, 3.8) is 0 Å². The van der Waals surface area contributed by atoms with E-state index in [4.69, 9.17) is 9.40 Å². The molecule has 4 aromatic heterocycles. The Morgan fingerprint density at radius 2 is 0.887 bits per heavy atom. The van der Waals surface area contributed by atoms with Crippen LogP contribution in [0.3, 0.4) is 0 Å². The molecule has 15 aromatic rings. The molecule has 0 bridgehead atoms. The maximum absolute atomic E-state index is 5.86. The second-order valence-electron chi connectivity index (χ2n) is 20.5. The van der Waals surface area contributed by atoms with Crippen LogP contribution in [0.5, 0.6) is 0 Å². The van der Waals surface area contributed by atoms with Crippen LogP contribution in [0.25, 0.3) is 128 Å². The summed E-state index contributed by atoms with van der Waals surface area (Å²) in [6.07, 6.45) is 8.31. The molecule has 0 atom stereocenters. The number of para-hydroxylation sites is 4. The Balaban J connectivity index is 0.918. The van der Waals surface area contributed by atoms with E-state index in [0.29, 0.717) is 0 Å². The number of aromatic nitrogens is 4. The molecule has 4 heterocycles. The Hall–Kier alpha value is -10.6. The van der Waals surface area contributed by atoms with Gasteiger partial charge in [-0.05, 0) is 157 Å². The largest absolute Gasteiger partial charge is 0.464 e. The molecule has 11 aromatic carbocycles. The monoisotopic (exact) mass is 1020 g/mol. The van der Waals surface area contributed by atoms with Crippen molar-refractivity contribution in [3.8, 4) is 84.0 Å². The Morgan fingerprint density at radius 1 is 0.375 bits per heavy atom. The maximum Gasteiger partial charge on any atom is 0.269 e. The minimum absolute atomic E-state index is 0.726. The quantitative estimate of drug-likeness (QED) is 0.0957. The molecule has 0 unspecified atom stereocenters. The molecule has 80 heavy (non-hydrogen) atoms. The summed E-state index contributed by atoms with van der Waals surface area (Å²) in [6.45, 7) is 0. The zero-order valence-corrected chi connectivity index (χ0v) is 43.6. The smallest absolute Gasteiger partial charge is 0.269 e. The number of hydrogen-bond acceptors (Lipinski definition) is 2. The summed E-state index contributed by atoms with van der Waals surface area (Å²) in [5.74, 6) is 0.857. The van der Waals surface area contributed by atoms with E-state index in [1.165, 1.54) is 21.9 Å². The van der Waals surface area contributed by atoms with Crippen molar-refractivity contribution in [2.75, 3.05) is 0 Å². The van der Waals surface area contributed by atoms with Gasteiger partial charge in [0.1, 0.15) is 11.4 Å². The van der Waals surface area contributed by atoms with Crippen molar-refractivity contribution in [2.24, 2.45) is 0 Å². The SMILES string of the molecule is [c-]1n(-c2cccc(Cc3ccc4c5ccccc5n(-c5nccc6occc56)c4c3)c2)c2ccccc2[n+]1-c1c(-c2cc(-c3ccccc3)cc(-c3ccccc3)c2)cccc1-c1cc(-c2ccccc2)cc(-c2ccccc2)c1. The van der Waals surface area contributed by atoms with Crippen LogP contribution in [0.2, 0.25) is 0 Å². The number of benzene rings is 11. The first-order valence-electron chi connectivity index (χ1n) is 27.2. The Labute approximate surface area is 463 Å². The lowest BCUT2D eigenvalue weighted by Gasteiger charge is -2.20. The van der Waals surface area contributed by atoms with Gasteiger partial charge in [-0.25, -0.2) is 4.98 Å². The lowest BCUT2D eigenvalue weighted by Crippen LogP contribution is -2.31. The van der Waals surface area contributed by atoms with Crippen LogP contribution < -0.4 is 4.57 Å². The van der Waals surface area contributed by atoms with Crippen molar-refractivity contribution >= 4 is 43.8 Å². The highest BCUT2D eigenvalue weighted by atomic mass is 16.3. The zero-order chi connectivity index (χ0) is 52.9. The number of hydrogen-bond donors (Lipinski definition) is 0. The maximum atomic E-state index is 5.86. The molecule has 0 radical (unpaired) electrons. The predicted molar refractivity (Wildman–Crippen MR) is 327 cm³/mol. The van der Waals surface area contributed by atoms with Crippen LogP contribution in [0.4, 0.5) is 0 Å². The van der Waals surface area contributed by atoms with Crippen LogP contribution in [0.1, 0.15) is 11.1 Å². The number of nitrogens with zero attached hydrogens (tertiary/aromatic N) is 4. The molecule has 0 saturated carbocycles. The van der Waals surface area contributed by atoms with E-state index in [1.54, 1.807) is 6.26 Å². The number of pyridine rings is 1. The fraction of sp³-hybridized carbons (Fsp3) is 0.0133. The summed E-state index contributed by atoms with van der Waals surface area (Å²) in [5, 5.41) is 3.35. The highest BCUT2D eigenvalue weighted by molar-refractivity contribution is 6.10. The van der Waals surface area contributed by atoms with Gasteiger partial charge in [0.25, 0.3) is 6.33 Å². The molecule has 376 valence electrons. The second kappa shape index (κ2) is 19.7. The Bertz CT molecular complexity index is 4520. The van der Waals surface area contributed by atoms with Crippen LogP contribution in [-0.4, -0.2) is 14.1 Å². The molecule has 0 saturated heterocycles. The van der Waals surface area contributed by atoms with Crippen molar-refractivity contribution in [3.05, 3.63) is 309 Å². The van der Waals surface area contributed by atoms with Crippen molar-refractivity contribution in [1.82, 2.24) is 14.1 Å². The number of rotatable bonds is 11. The van der Waals surface area contributed by atoms with Gasteiger partial charge in [0.15, 0.2) is 0 Å². The fourth-order valence-electron chi connectivity index (χ4n) is 11.9. The van der Waals surface area contributed by atoms with E-state index in [9.17, 15) is 0 Å². The molecule has 5 heteroatoms.